The maximum Gasteiger partial charge on any atom is 0.306 e. The molecule has 0 fully saturated rings. The van der Waals surface area contributed by atoms with Gasteiger partial charge in [0.2, 0.25) is 5.91 Å². The van der Waals surface area contributed by atoms with Crippen LogP contribution >= 0.6 is 0 Å². The molecule has 0 rings (SSSR count). The molecule has 0 aliphatic rings. The molecule has 0 aliphatic heterocycles. The minimum Gasteiger partial charge on any atom is -0.466 e. The van der Waals surface area contributed by atoms with Crippen LogP contribution in [0, 0.1) is 0 Å². The smallest absolute Gasteiger partial charge is 0.306 e. The number of amides is 1. The lowest BCUT2D eigenvalue weighted by molar-refractivity contribution is -0.145. The van der Waals surface area contributed by atoms with Gasteiger partial charge in [0, 0.05) is 20.5 Å². The van der Waals surface area contributed by atoms with Crippen molar-refractivity contribution in [2.75, 3.05) is 20.7 Å². The molecule has 0 N–H and O–H groups in total. The number of hydrogen-bond acceptors (Lipinski definition) is 3. The fraction of sp³-hybridized carbons (Fsp3) is 0.750. The number of hydrogen-bond donors (Lipinski definition) is 0. The van der Waals surface area contributed by atoms with Crippen LogP contribution in [0.3, 0.4) is 0 Å². The van der Waals surface area contributed by atoms with E-state index >= 15 is 0 Å². The largest absolute Gasteiger partial charge is 0.466 e. The van der Waals surface area contributed by atoms with Gasteiger partial charge in [-0.3, -0.25) is 9.59 Å². The average Bonchev–Trinajstić information content (AvgIpc) is 2.00. The Bertz CT molecular complexity index is 166. The number of nitrogens with zero attached hydrogens (tertiary/aromatic N) is 1. The number of carbonyl (C=O) groups is 2. The third-order valence-electron chi connectivity index (χ3n) is 1.35. The molecule has 0 saturated carbocycles. The lowest BCUT2D eigenvalue weighted by Gasteiger charge is -2.08. The minimum atomic E-state index is -0.312. The quantitative estimate of drug-likeness (QED) is 0.579. The predicted molar refractivity (Wildman–Crippen MR) is 44.6 cm³/mol. The standard InChI is InChI=1S/C8H15NO3/c1-4-12-8(11)6-5-7(10)9(2)3/h4-6H2,1-3H3. The molecule has 0 heterocycles. The van der Waals surface area contributed by atoms with E-state index < -0.39 is 0 Å². The van der Waals surface area contributed by atoms with E-state index in [0.717, 1.165) is 0 Å². The lowest BCUT2D eigenvalue weighted by atomic mass is 10.3. The van der Waals surface area contributed by atoms with Crippen molar-refractivity contribution in [1.29, 1.82) is 0 Å². The minimum absolute atomic E-state index is 0.0527. The van der Waals surface area contributed by atoms with Crippen LogP contribution in [0.2, 0.25) is 0 Å². The summed E-state index contributed by atoms with van der Waals surface area (Å²) in [5.41, 5.74) is 0. The average molecular weight is 173 g/mol. The molecule has 1 amide bonds. The maximum absolute atomic E-state index is 11.0. The summed E-state index contributed by atoms with van der Waals surface area (Å²) in [6, 6.07) is 0. The first-order valence-corrected chi connectivity index (χ1v) is 3.93. The molecule has 0 spiro atoms. The van der Waals surface area contributed by atoms with Gasteiger partial charge in [-0.05, 0) is 6.92 Å². The van der Waals surface area contributed by atoms with Crippen molar-refractivity contribution in [3.05, 3.63) is 0 Å². The van der Waals surface area contributed by atoms with Gasteiger partial charge in [-0.25, -0.2) is 0 Å². The molecule has 0 bridgehead atoms. The molecule has 0 radical (unpaired) electrons. The SMILES string of the molecule is CCOC(=O)CCC(=O)N(C)C. The summed E-state index contributed by atoms with van der Waals surface area (Å²) in [4.78, 5) is 23.2. The molecule has 0 aliphatic carbocycles. The lowest BCUT2D eigenvalue weighted by Crippen LogP contribution is -2.22. The predicted octanol–water partition coefficient (Wildman–Crippen LogP) is 0.418. The second-order valence-electron chi connectivity index (χ2n) is 2.59. The summed E-state index contributed by atoms with van der Waals surface area (Å²) in [6.07, 6.45) is 0.399. The summed E-state index contributed by atoms with van der Waals surface area (Å²) in [5.74, 6) is -0.365. The van der Waals surface area contributed by atoms with Gasteiger partial charge in [0.1, 0.15) is 0 Å². The molecule has 0 saturated heterocycles. The Balaban J connectivity index is 3.54. The number of esters is 1. The zero-order chi connectivity index (χ0) is 9.56. The first-order valence-electron chi connectivity index (χ1n) is 3.93. The third-order valence-corrected chi connectivity index (χ3v) is 1.35. The molecular formula is C8H15NO3. The second-order valence-corrected chi connectivity index (χ2v) is 2.59. The van der Waals surface area contributed by atoms with Crippen LogP contribution in [0.5, 0.6) is 0 Å². The Morgan fingerprint density at radius 1 is 1.25 bits per heavy atom. The first kappa shape index (κ1) is 10.9. The molecule has 4 heteroatoms. The van der Waals surface area contributed by atoms with Crippen LogP contribution in [-0.4, -0.2) is 37.5 Å². The van der Waals surface area contributed by atoms with Crippen molar-refractivity contribution in [2.24, 2.45) is 0 Å². The number of ether oxygens (including phenoxy) is 1. The van der Waals surface area contributed by atoms with Crippen LogP contribution in [0.25, 0.3) is 0 Å². The Kier molecular flexibility index (Phi) is 5.08. The van der Waals surface area contributed by atoms with E-state index in [0.29, 0.717) is 6.61 Å². The van der Waals surface area contributed by atoms with Crippen LogP contribution in [0.4, 0.5) is 0 Å². The van der Waals surface area contributed by atoms with Gasteiger partial charge in [-0.2, -0.15) is 0 Å². The van der Waals surface area contributed by atoms with Gasteiger partial charge in [0.05, 0.1) is 13.0 Å². The molecule has 12 heavy (non-hydrogen) atoms. The summed E-state index contributed by atoms with van der Waals surface area (Å²) >= 11 is 0. The van der Waals surface area contributed by atoms with Crippen LogP contribution in [0.1, 0.15) is 19.8 Å². The summed E-state index contributed by atoms with van der Waals surface area (Å²) < 4.78 is 4.66. The molecule has 0 unspecified atom stereocenters. The van der Waals surface area contributed by atoms with Gasteiger partial charge < -0.3 is 9.64 Å². The Morgan fingerprint density at radius 3 is 2.25 bits per heavy atom. The topological polar surface area (TPSA) is 46.6 Å². The van der Waals surface area contributed by atoms with Crippen molar-refractivity contribution in [2.45, 2.75) is 19.8 Å². The number of carbonyl (C=O) groups excluding carboxylic acids is 2. The molecule has 0 aromatic heterocycles. The fourth-order valence-electron chi connectivity index (χ4n) is 0.666. The Morgan fingerprint density at radius 2 is 1.83 bits per heavy atom. The van der Waals surface area contributed by atoms with E-state index in [1.165, 1.54) is 4.90 Å². The second kappa shape index (κ2) is 5.57. The van der Waals surface area contributed by atoms with Crippen LogP contribution in [-0.2, 0) is 14.3 Å². The van der Waals surface area contributed by atoms with Crippen molar-refractivity contribution in [3.8, 4) is 0 Å². The summed E-state index contributed by atoms with van der Waals surface area (Å²) in [6.45, 7) is 2.11. The van der Waals surface area contributed by atoms with E-state index in [9.17, 15) is 9.59 Å². The van der Waals surface area contributed by atoms with Crippen molar-refractivity contribution in [1.82, 2.24) is 4.90 Å². The van der Waals surface area contributed by atoms with Crippen molar-refractivity contribution >= 4 is 11.9 Å². The molecule has 70 valence electrons. The van der Waals surface area contributed by atoms with E-state index in [-0.39, 0.29) is 24.7 Å². The van der Waals surface area contributed by atoms with Gasteiger partial charge >= 0.3 is 5.97 Å². The van der Waals surface area contributed by atoms with E-state index in [2.05, 4.69) is 4.74 Å². The van der Waals surface area contributed by atoms with Crippen molar-refractivity contribution in [3.63, 3.8) is 0 Å². The summed E-state index contributed by atoms with van der Waals surface area (Å²) in [7, 11) is 3.32. The van der Waals surface area contributed by atoms with E-state index in [1.807, 2.05) is 0 Å². The van der Waals surface area contributed by atoms with E-state index in [1.54, 1.807) is 21.0 Å². The highest BCUT2D eigenvalue weighted by Gasteiger charge is 2.08. The highest BCUT2D eigenvalue weighted by atomic mass is 16.5. The highest BCUT2D eigenvalue weighted by Crippen LogP contribution is 1.95. The van der Waals surface area contributed by atoms with E-state index in [4.69, 9.17) is 0 Å². The number of rotatable bonds is 4. The zero-order valence-corrected chi connectivity index (χ0v) is 7.79. The first-order chi connectivity index (χ1) is 5.57. The zero-order valence-electron chi connectivity index (χ0n) is 7.79. The van der Waals surface area contributed by atoms with Gasteiger partial charge in [0.15, 0.2) is 0 Å². The van der Waals surface area contributed by atoms with Crippen molar-refractivity contribution < 1.29 is 14.3 Å². The molecule has 4 nitrogen and oxygen atoms in total. The normalized spacial score (nSPS) is 9.25. The highest BCUT2D eigenvalue weighted by molar-refractivity contribution is 5.80. The third kappa shape index (κ3) is 4.71. The Hall–Kier alpha value is -1.06. The van der Waals surface area contributed by atoms with Gasteiger partial charge in [0.25, 0.3) is 0 Å². The monoisotopic (exact) mass is 173 g/mol. The van der Waals surface area contributed by atoms with Gasteiger partial charge in [-0.15, -0.1) is 0 Å². The maximum atomic E-state index is 11.0. The molecular weight excluding hydrogens is 158 g/mol. The van der Waals surface area contributed by atoms with Crippen LogP contribution < -0.4 is 0 Å². The van der Waals surface area contributed by atoms with Gasteiger partial charge in [-0.1, -0.05) is 0 Å². The molecule has 0 aromatic carbocycles. The molecule has 0 aromatic rings. The van der Waals surface area contributed by atoms with Crippen LogP contribution in [0.15, 0.2) is 0 Å². The molecule has 0 atom stereocenters. The summed E-state index contributed by atoms with van der Waals surface area (Å²) in [5, 5.41) is 0. The Labute approximate surface area is 72.5 Å². The fourth-order valence-corrected chi connectivity index (χ4v) is 0.666.